The molecular weight excluding hydrogens is 216 g/mol. The predicted octanol–water partition coefficient (Wildman–Crippen LogP) is 2.95. The van der Waals surface area contributed by atoms with E-state index in [0.29, 0.717) is 0 Å². The number of hydrogen-bond donors (Lipinski definition) is 1. The fraction of sp³-hybridized carbons (Fsp3) is 0. The minimum Gasteiger partial charge on any atom is -0.239 e. The van der Waals surface area contributed by atoms with Crippen molar-refractivity contribution in [2.75, 3.05) is 0 Å². The van der Waals surface area contributed by atoms with Crippen LogP contribution in [0.5, 0.6) is 0 Å². The van der Waals surface area contributed by atoms with E-state index in [9.17, 15) is 0 Å². The van der Waals surface area contributed by atoms with Gasteiger partial charge in [0.1, 0.15) is 0 Å². The van der Waals surface area contributed by atoms with E-state index >= 15 is 0 Å². The van der Waals surface area contributed by atoms with E-state index in [0.717, 1.165) is 21.4 Å². The van der Waals surface area contributed by atoms with E-state index in [4.69, 9.17) is 5.26 Å². The molecule has 1 rings (SSSR count). The van der Waals surface area contributed by atoms with Gasteiger partial charge in [-0.2, -0.15) is 4.33 Å². The van der Waals surface area contributed by atoms with Crippen LogP contribution in [0.25, 0.3) is 0 Å². The van der Waals surface area contributed by atoms with Crippen LogP contribution >= 0.6 is 28.0 Å². The van der Waals surface area contributed by atoms with Gasteiger partial charge in [0.2, 0.25) is 0 Å². The Morgan fingerprint density at radius 3 is 2.40 bits per heavy atom. The first-order chi connectivity index (χ1) is 4.83. The molecule has 0 fully saturated rings. The van der Waals surface area contributed by atoms with Crippen LogP contribution < -0.4 is 0 Å². The summed E-state index contributed by atoms with van der Waals surface area (Å²) in [4.78, 5) is 0.866. The van der Waals surface area contributed by atoms with Crippen LogP contribution in [0.2, 0.25) is 0 Å². The molecule has 0 saturated carbocycles. The van der Waals surface area contributed by atoms with E-state index < -0.39 is 0 Å². The Balaban J connectivity index is 2.69. The maximum atomic E-state index is 8.04. The SMILES string of the molecule is OOSc1ccc(Br)cc1. The highest BCUT2D eigenvalue weighted by atomic mass is 79.9. The maximum absolute atomic E-state index is 8.04. The molecule has 1 aromatic rings. The Kier molecular flexibility index (Phi) is 3.21. The first kappa shape index (κ1) is 8.07. The fourth-order valence-electron chi connectivity index (χ4n) is 0.533. The molecule has 10 heavy (non-hydrogen) atoms. The molecule has 54 valence electrons. The third-order valence-electron chi connectivity index (χ3n) is 0.947. The summed E-state index contributed by atoms with van der Waals surface area (Å²) in [5.41, 5.74) is 0. The molecule has 1 aromatic carbocycles. The summed E-state index contributed by atoms with van der Waals surface area (Å²) in [7, 11) is 0. The first-order valence-corrected chi connectivity index (χ1v) is 4.10. The monoisotopic (exact) mass is 220 g/mol. The first-order valence-electron chi connectivity index (χ1n) is 2.56. The lowest BCUT2D eigenvalue weighted by molar-refractivity contribution is -0.116. The van der Waals surface area contributed by atoms with Gasteiger partial charge in [0.15, 0.2) is 0 Å². The summed E-state index contributed by atoms with van der Waals surface area (Å²) in [6.45, 7) is 0. The van der Waals surface area contributed by atoms with Crippen LogP contribution in [-0.2, 0) is 4.33 Å². The quantitative estimate of drug-likeness (QED) is 0.473. The lowest BCUT2D eigenvalue weighted by atomic mass is 10.4. The van der Waals surface area contributed by atoms with E-state index in [-0.39, 0.29) is 0 Å². The van der Waals surface area contributed by atoms with Crippen molar-refractivity contribution >= 4 is 28.0 Å². The van der Waals surface area contributed by atoms with Gasteiger partial charge in [0, 0.05) is 9.37 Å². The topological polar surface area (TPSA) is 29.5 Å². The summed E-state index contributed by atoms with van der Waals surface area (Å²) < 4.78 is 4.88. The van der Waals surface area contributed by atoms with Crippen molar-refractivity contribution in [3.05, 3.63) is 28.7 Å². The summed E-state index contributed by atoms with van der Waals surface area (Å²) in [5.74, 6) is 0. The summed E-state index contributed by atoms with van der Waals surface area (Å²) in [6.07, 6.45) is 0. The molecule has 2 nitrogen and oxygen atoms in total. The maximum Gasteiger partial charge on any atom is 0.0679 e. The Hall–Kier alpha value is -0.0300. The lowest BCUT2D eigenvalue weighted by Crippen LogP contribution is -1.71. The summed E-state index contributed by atoms with van der Waals surface area (Å²) >= 11 is 4.20. The Morgan fingerprint density at radius 1 is 1.30 bits per heavy atom. The van der Waals surface area contributed by atoms with Crippen LogP contribution in [0.3, 0.4) is 0 Å². The molecule has 4 heteroatoms. The third-order valence-corrected chi connectivity index (χ3v) is 2.01. The van der Waals surface area contributed by atoms with Crippen LogP contribution in [0.4, 0.5) is 0 Å². The van der Waals surface area contributed by atoms with Gasteiger partial charge in [-0.15, -0.1) is 0 Å². The number of rotatable bonds is 2. The van der Waals surface area contributed by atoms with Gasteiger partial charge in [-0.05, 0) is 24.3 Å². The third kappa shape index (κ3) is 2.30. The number of halogens is 1. The second-order valence-corrected chi connectivity index (χ2v) is 3.31. The molecule has 1 N–H and O–H groups in total. The smallest absolute Gasteiger partial charge is 0.0679 e. The fourth-order valence-corrected chi connectivity index (χ4v) is 1.13. The molecule has 0 radical (unpaired) electrons. The average Bonchev–Trinajstić information content (AvgIpc) is 1.95. The van der Waals surface area contributed by atoms with Crippen molar-refractivity contribution in [3.8, 4) is 0 Å². The molecule has 0 amide bonds. The highest BCUT2D eigenvalue weighted by molar-refractivity contribution is 9.10. The van der Waals surface area contributed by atoms with Crippen molar-refractivity contribution in [3.63, 3.8) is 0 Å². The molecule has 0 aliphatic carbocycles. The Morgan fingerprint density at radius 2 is 1.90 bits per heavy atom. The van der Waals surface area contributed by atoms with E-state index in [1.807, 2.05) is 24.3 Å². The zero-order valence-corrected chi connectivity index (χ0v) is 7.35. The van der Waals surface area contributed by atoms with Crippen molar-refractivity contribution < 1.29 is 9.59 Å². The number of benzene rings is 1. The molecule has 0 aliphatic rings. The normalized spacial score (nSPS) is 9.80. The van der Waals surface area contributed by atoms with Crippen molar-refractivity contribution in [1.82, 2.24) is 0 Å². The van der Waals surface area contributed by atoms with E-state index in [1.54, 1.807) is 0 Å². The molecule has 0 aliphatic heterocycles. The molecule has 0 aromatic heterocycles. The second kappa shape index (κ2) is 3.98. The molecule has 0 unspecified atom stereocenters. The van der Waals surface area contributed by atoms with E-state index in [2.05, 4.69) is 20.3 Å². The van der Waals surface area contributed by atoms with Crippen LogP contribution in [0.1, 0.15) is 0 Å². The van der Waals surface area contributed by atoms with Crippen LogP contribution in [-0.4, -0.2) is 5.26 Å². The summed E-state index contributed by atoms with van der Waals surface area (Å²) in [6, 6.07) is 7.43. The van der Waals surface area contributed by atoms with Crippen molar-refractivity contribution in [2.24, 2.45) is 0 Å². The van der Waals surface area contributed by atoms with Gasteiger partial charge in [-0.1, -0.05) is 15.9 Å². The Labute approximate surface area is 71.5 Å². The molecule has 0 heterocycles. The minimum atomic E-state index is 0.866. The van der Waals surface area contributed by atoms with E-state index in [1.165, 1.54) is 0 Å². The highest BCUT2D eigenvalue weighted by Crippen LogP contribution is 2.19. The van der Waals surface area contributed by atoms with Gasteiger partial charge >= 0.3 is 0 Å². The van der Waals surface area contributed by atoms with Crippen molar-refractivity contribution in [1.29, 1.82) is 0 Å². The second-order valence-electron chi connectivity index (χ2n) is 1.61. The van der Waals surface area contributed by atoms with Crippen molar-refractivity contribution in [2.45, 2.75) is 4.90 Å². The van der Waals surface area contributed by atoms with Crippen LogP contribution in [0, 0.1) is 0 Å². The zero-order chi connectivity index (χ0) is 7.40. The number of hydrogen-bond acceptors (Lipinski definition) is 3. The van der Waals surface area contributed by atoms with Gasteiger partial charge in [-0.25, -0.2) is 5.26 Å². The molecule has 0 saturated heterocycles. The molecular formula is C6H5BrO2S. The van der Waals surface area contributed by atoms with Gasteiger partial charge in [0.05, 0.1) is 12.0 Å². The molecule has 0 spiro atoms. The minimum absolute atomic E-state index is 0.866. The standard InChI is InChI=1S/C6H5BrO2S/c7-5-1-3-6(4-2-5)10-9-8/h1-4,8H. The van der Waals surface area contributed by atoms with Gasteiger partial charge in [0.25, 0.3) is 0 Å². The average molecular weight is 221 g/mol. The van der Waals surface area contributed by atoms with Crippen LogP contribution in [0.15, 0.2) is 33.6 Å². The van der Waals surface area contributed by atoms with Gasteiger partial charge < -0.3 is 0 Å². The lowest BCUT2D eigenvalue weighted by Gasteiger charge is -1.94. The predicted molar refractivity (Wildman–Crippen MR) is 43.7 cm³/mol. The van der Waals surface area contributed by atoms with Gasteiger partial charge in [-0.3, -0.25) is 0 Å². The molecule has 0 bridgehead atoms. The Bertz CT molecular complexity index is 199. The zero-order valence-electron chi connectivity index (χ0n) is 4.95. The summed E-state index contributed by atoms with van der Waals surface area (Å²) in [5, 5.41) is 8.04. The molecule has 0 atom stereocenters. The highest BCUT2D eigenvalue weighted by Gasteiger charge is 1.91. The largest absolute Gasteiger partial charge is 0.239 e.